The second kappa shape index (κ2) is 4.14. The molecular weight excluding hydrogens is 195 g/mol. The fourth-order valence-electron chi connectivity index (χ4n) is 0.634. The maximum atomic E-state index is 11.3. The molecule has 0 radical (unpaired) electrons. The molecule has 0 aromatic carbocycles. The minimum Gasteiger partial charge on any atom is -0.316 e. The molecule has 0 spiro atoms. The van der Waals surface area contributed by atoms with Crippen molar-refractivity contribution in [3.05, 3.63) is 0 Å². The van der Waals surface area contributed by atoms with Crippen LogP contribution in [-0.4, -0.2) is 15.7 Å². The first-order chi connectivity index (χ1) is 5.12. The summed E-state index contributed by atoms with van der Waals surface area (Å²) in [5, 5.41) is 0. The lowest BCUT2D eigenvalue weighted by molar-refractivity contribution is 0.217. The van der Waals surface area contributed by atoms with Crippen LogP contribution < -0.4 is 0 Å². The second-order valence-corrected chi connectivity index (χ2v) is 8.31. The molecule has 0 fully saturated rings. The first-order valence-electron chi connectivity index (χ1n) is 3.84. The van der Waals surface area contributed by atoms with Crippen molar-refractivity contribution in [2.75, 3.05) is 0 Å². The van der Waals surface area contributed by atoms with Crippen molar-refractivity contribution >= 4 is 18.2 Å². The summed E-state index contributed by atoms with van der Waals surface area (Å²) >= 11 is 0.976. The average Bonchev–Trinajstić information content (AvgIpc) is 1.48. The maximum Gasteiger partial charge on any atom is 0.387 e. The van der Waals surface area contributed by atoms with Crippen molar-refractivity contribution in [3.63, 3.8) is 0 Å². The Hall–Kier alpha value is 0.500. The van der Waals surface area contributed by atoms with Crippen LogP contribution in [0.1, 0.15) is 34.6 Å². The van der Waals surface area contributed by atoms with Gasteiger partial charge in [0.2, 0.25) is 0 Å². The van der Waals surface area contributed by atoms with Gasteiger partial charge in [0.25, 0.3) is 0 Å². The lowest BCUT2D eigenvalue weighted by atomic mass is 10.3. The summed E-state index contributed by atoms with van der Waals surface area (Å²) in [6.45, 7) is 5.67. The summed E-state index contributed by atoms with van der Waals surface area (Å²) in [6, 6.07) is 0. The van der Waals surface area contributed by atoms with Gasteiger partial charge in [-0.1, -0.05) is 20.8 Å². The van der Waals surface area contributed by atoms with Crippen LogP contribution in [-0.2, 0) is 9.09 Å². The lowest BCUT2D eigenvalue weighted by Gasteiger charge is -2.22. The Balaban J connectivity index is 4.15. The molecule has 0 amide bonds. The quantitative estimate of drug-likeness (QED) is 0.730. The number of hydrogen-bond acceptors (Lipinski definition) is 3. The fraction of sp³-hybridized carbons (Fsp3) is 1.00. The molecule has 0 aliphatic heterocycles. The van der Waals surface area contributed by atoms with E-state index in [0.29, 0.717) is 0 Å². The summed E-state index contributed by atoms with van der Waals surface area (Å²) in [7, 11) is 0. The largest absolute Gasteiger partial charge is 0.387 e. The summed E-state index contributed by atoms with van der Waals surface area (Å²) in [5.41, 5.74) is 0. The van der Waals surface area contributed by atoms with Crippen LogP contribution >= 0.6 is 18.2 Å². The van der Waals surface area contributed by atoms with Crippen LogP contribution in [0.4, 0.5) is 0 Å². The molecule has 1 atom stereocenters. The Morgan fingerprint density at radius 2 is 1.83 bits per heavy atom. The van der Waals surface area contributed by atoms with E-state index in [1.807, 2.05) is 20.8 Å². The molecular formula is C7H17O3PS. The van der Waals surface area contributed by atoms with Crippen LogP contribution in [0.5, 0.6) is 0 Å². The highest BCUT2D eigenvalue weighted by Crippen LogP contribution is 2.61. The fourth-order valence-corrected chi connectivity index (χ4v) is 4.62. The molecule has 0 saturated heterocycles. The Morgan fingerprint density at radius 3 is 2.08 bits per heavy atom. The lowest BCUT2D eigenvalue weighted by Crippen LogP contribution is -2.09. The molecule has 0 aromatic rings. The van der Waals surface area contributed by atoms with Crippen molar-refractivity contribution in [1.82, 2.24) is 0 Å². The molecule has 1 unspecified atom stereocenters. The molecule has 5 heteroatoms. The predicted molar refractivity (Wildman–Crippen MR) is 53.4 cm³/mol. The highest BCUT2D eigenvalue weighted by molar-refractivity contribution is 8.55. The third kappa shape index (κ3) is 7.17. The summed E-state index contributed by atoms with van der Waals surface area (Å²) < 4.78 is 16.0. The van der Waals surface area contributed by atoms with Gasteiger partial charge < -0.3 is 4.89 Å². The minimum absolute atomic E-state index is 0.212. The van der Waals surface area contributed by atoms with Gasteiger partial charge in [-0.05, 0) is 25.2 Å². The van der Waals surface area contributed by atoms with E-state index in [-0.39, 0.29) is 10.9 Å². The van der Waals surface area contributed by atoms with Crippen molar-refractivity contribution in [1.29, 1.82) is 0 Å². The Morgan fingerprint density at radius 1 is 1.42 bits per heavy atom. The zero-order chi connectivity index (χ0) is 9.99. The predicted octanol–water partition coefficient (Wildman–Crippen LogP) is 3.04. The summed E-state index contributed by atoms with van der Waals surface area (Å²) in [5.74, 6) is 0. The van der Waals surface area contributed by atoms with Crippen molar-refractivity contribution in [2.24, 2.45) is 0 Å². The van der Waals surface area contributed by atoms with Crippen LogP contribution in [0.2, 0.25) is 0 Å². The number of rotatable bonds is 3. The normalized spacial score (nSPS) is 17.9. The first kappa shape index (κ1) is 12.5. The average molecular weight is 212 g/mol. The van der Waals surface area contributed by atoms with E-state index >= 15 is 0 Å². The smallest absolute Gasteiger partial charge is 0.316 e. The third-order valence-corrected chi connectivity index (χ3v) is 4.79. The summed E-state index contributed by atoms with van der Waals surface area (Å²) in [6.07, 6.45) is -0.212. The van der Waals surface area contributed by atoms with E-state index in [9.17, 15) is 9.46 Å². The van der Waals surface area contributed by atoms with E-state index in [1.54, 1.807) is 13.8 Å². The van der Waals surface area contributed by atoms with E-state index in [0.717, 1.165) is 11.4 Å². The SMILES string of the molecule is CC(C)OP(=O)(O)SC(C)(C)C. The highest BCUT2D eigenvalue weighted by Gasteiger charge is 2.29. The van der Waals surface area contributed by atoms with Gasteiger partial charge in [-0.25, -0.2) is 4.57 Å². The Kier molecular flexibility index (Phi) is 4.31. The van der Waals surface area contributed by atoms with Gasteiger partial charge in [0.05, 0.1) is 6.10 Å². The molecule has 0 aromatic heterocycles. The third-order valence-electron chi connectivity index (χ3n) is 0.733. The van der Waals surface area contributed by atoms with E-state index in [4.69, 9.17) is 4.52 Å². The maximum absolute atomic E-state index is 11.3. The molecule has 74 valence electrons. The van der Waals surface area contributed by atoms with E-state index in [1.165, 1.54) is 0 Å². The van der Waals surface area contributed by atoms with Gasteiger partial charge in [0, 0.05) is 4.75 Å². The Bertz CT molecular complexity index is 186. The van der Waals surface area contributed by atoms with E-state index in [2.05, 4.69) is 0 Å². The van der Waals surface area contributed by atoms with Crippen molar-refractivity contribution in [2.45, 2.75) is 45.5 Å². The van der Waals surface area contributed by atoms with Gasteiger partial charge in [0.15, 0.2) is 0 Å². The molecule has 12 heavy (non-hydrogen) atoms. The van der Waals surface area contributed by atoms with Crippen LogP contribution in [0.15, 0.2) is 0 Å². The highest BCUT2D eigenvalue weighted by atomic mass is 32.7. The first-order valence-corrected chi connectivity index (χ1v) is 6.84. The summed E-state index contributed by atoms with van der Waals surface area (Å²) in [4.78, 5) is 9.32. The molecule has 0 bridgehead atoms. The molecule has 0 aliphatic rings. The molecule has 0 rings (SSSR count). The monoisotopic (exact) mass is 212 g/mol. The topological polar surface area (TPSA) is 46.5 Å². The molecule has 0 aliphatic carbocycles. The number of hydrogen-bond donors (Lipinski definition) is 1. The standard InChI is InChI=1S/C7H17O3PS/c1-6(2)10-11(8,9)12-7(3,4)5/h6H,1-5H3,(H,8,9). The minimum atomic E-state index is -3.45. The van der Waals surface area contributed by atoms with Crippen LogP contribution in [0.3, 0.4) is 0 Å². The van der Waals surface area contributed by atoms with Gasteiger partial charge in [0.1, 0.15) is 0 Å². The van der Waals surface area contributed by atoms with Crippen LogP contribution in [0, 0.1) is 0 Å². The zero-order valence-corrected chi connectivity index (χ0v) is 9.91. The van der Waals surface area contributed by atoms with Crippen molar-refractivity contribution < 1.29 is 14.0 Å². The van der Waals surface area contributed by atoms with Gasteiger partial charge in [-0.3, -0.25) is 4.52 Å². The Labute approximate surface area is 78.2 Å². The second-order valence-electron chi connectivity index (χ2n) is 3.83. The van der Waals surface area contributed by atoms with E-state index < -0.39 is 6.80 Å². The molecule has 1 N–H and O–H groups in total. The zero-order valence-electron chi connectivity index (χ0n) is 8.20. The molecule has 0 heterocycles. The van der Waals surface area contributed by atoms with Gasteiger partial charge in [-0.2, -0.15) is 0 Å². The van der Waals surface area contributed by atoms with Crippen molar-refractivity contribution in [3.8, 4) is 0 Å². The van der Waals surface area contributed by atoms with Crippen LogP contribution in [0.25, 0.3) is 0 Å². The van der Waals surface area contributed by atoms with Gasteiger partial charge >= 0.3 is 6.80 Å². The van der Waals surface area contributed by atoms with Gasteiger partial charge in [-0.15, -0.1) is 0 Å². The molecule has 3 nitrogen and oxygen atoms in total. The molecule has 0 saturated carbocycles.